The lowest BCUT2D eigenvalue weighted by Gasteiger charge is -2.22. The van der Waals surface area contributed by atoms with Gasteiger partial charge in [0.05, 0.1) is 0 Å². The summed E-state index contributed by atoms with van der Waals surface area (Å²) in [6.07, 6.45) is 4.01. The van der Waals surface area contributed by atoms with Crippen LogP contribution >= 0.6 is 23.5 Å². The second kappa shape index (κ2) is 25.3. The van der Waals surface area contributed by atoms with Gasteiger partial charge in [0.25, 0.3) is 0 Å². The number of likely N-dealkylation sites (tertiary alicyclic amines) is 2. The average molecular weight is 1070 g/mol. The van der Waals surface area contributed by atoms with Crippen LogP contribution in [0.5, 0.6) is 23.0 Å². The van der Waals surface area contributed by atoms with Gasteiger partial charge in [-0.15, -0.1) is 23.5 Å². The molecule has 2 N–H and O–H groups in total. The molecular weight excluding hydrogens is 1000 g/mol. The number of rotatable bonds is 18. The number of para-hydroxylation sites is 2. The lowest BCUT2D eigenvalue weighted by molar-refractivity contribution is -0.152. The summed E-state index contributed by atoms with van der Waals surface area (Å²) in [4.78, 5) is 81.5. The first-order chi connectivity index (χ1) is 36.3. The van der Waals surface area contributed by atoms with Gasteiger partial charge in [0, 0.05) is 58.9 Å². The van der Waals surface area contributed by atoms with E-state index in [1.807, 2.05) is 85.3 Å². The highest BCUT2D eigenvalue weighted by molar-refractivity contribution is 7.98. The fraction of sp³-hybridized carbons (Fsp3) is 0.300. The molecule has 2 heterocycles. The number of ketones is 2. The van der Waals surface area contributed by atoms with E-state index in [2.05, 4.69) is 0 Å². The number of aliphatic carboxylic acids is 2. The Hall–Kier alpha value is -7.56. The van der Waals surface area contributed by atoms with Crippen LogP contribution < -0.4 is 18.9 Å². The standard InChI is InChI=1S/2C30H31NO6S/c2*1-30(2,28(33)34)37-24-11-7-8-20(17-24)16-22-18-31(29(35)36-23-9-5-4-6-10-23)19-26(22)27(32)21-12-14-25(38-3)15-13-21/h2*4-15,17,22,26H,16,18-19H2,1-3H3,(H,33,34)/t2*22-,26-/m10/s1. The van der Waals surface area contributed by atoms with Crippen LogP contribution in [0.4, 0.5) is 9.59 Å². The van der Waals surface area contributed by atoms with Crippen LogP contribution in [0.1, 0.15) is 59.5 Å². The number of ether oxygens (including phenoxy) is 4. The molecule has 4 atom stereocenters. The molecule has 14 nitrogen and oxygen atoms in total. The van der Waals surface area contributed by atoms with Gasteiger partial charge in [0.2, 0.25) is 0 Å². The molecule has 396 valence electrons. The van der Waals surface area contributed by atoms with Crippen LogP contribution in [0.3, 0.4) is 0 Å². The van der Waals surface area contributed by atoms with E-state index in [-0.39, 0.29) is 36.5 Å². The Morgan fingerprint density at radius 2 is 0.816 bits per heavy atom. The third-order valence-electron chi connectivity index (χ3n) is 13.3. The van der Waals surface area contributed by atoms with Crippen molar-refractivity contribution in [2.45, 2.75) is 61.5 Å². The van der Waals surface area contributed by atoms with E-state index in [0.29, 0.717) is 60.1 Å². The molecule has 76 heavy (non-hydrogen) atoms. The van der Waals surface area contributed by atoms with E-state index >= 15 is 0 Å². The first-order valence-corrected chi connectivity index (χ1v) is 27.2. The van der Waals surface area contributed by atoms with Crippen LogP contribution in [0.2, 0.25) is 0 Å². The van der Waals surface area contributed by atoms with Gasteiger partial charge < -0.3 is 39.0 Å². The van der Waals surface area contributed by atoms with E-state index in [9.17, 15) is 39.0 Å². The number of Topliss-reactive ketones (excluding diaryl/α,β-unsaturated/α-hetero) is 2. The van der Waals surface area contributed by atoms with Gasteiger partial charge in [0.1, 0.15) is 23.0 Å². The van der Waals surface area contributed by atoms with E-state index in [1.165, 1.54) is 27.7 Å². The SMILES string of the molecule is CSc1ccc(C(=O)[C@@H]2CN(C(=O)Oc3ccccc3)C[C@H]2Cc2cccc(OC(C)(C)C(=O)O)c2)cc1.CSc1ccc(C(=O)[C@H]2CN(C(=O)Oc3ccccc3)C[C@@H]2Cc2cccc(OC(C)(C)C(=O)O)c2)cc1. The lowest BCUT2D eigenvalue weighted by atomic mass is 9.84. The highest BCUT2D eigenvalue weighted by Gasteiger charge is 2.42. The van der Waals surface area contributed by atoms with Crippen molar-refractivity contribution in [1.29, 1.82) is 0 Å². The van der Waals surface area contributed by atoms with Crippen LogP contribution in [0, 0.1) is 23.7 Å². The first kappa shape index (κ1) is 56.2. The summed E-state index contributed by atoms with van der Waals surface area (Å²) in [6, 6.07) is 47.2. The Balaban J connectivity index is 0.000000221. The van der Waals surface area contributed by atoms with Crippen molar-refractivity contribution in [2.75, 3.05) is 38.7 Å². The Morgan fingerprint density at radius 3 is 1.14 bits per heavy atom. The van der Waals surface area contributed by atoms with Crippen molar-refractivity contribution >= 4 is 59.2 Å². The summed E-state index contributed by atoms with van der Waals surface area (Å²) in [5.41, 5.74) is 0.231. The fourth-order valence-corrected chi connectivity index (χ4v) is 9.87. The Morgan fingerprint density at radius 1 is 0.474 bits per heavy atom. The number of benzene rings is 6. The molecule has 2 aliphatic heterocycles. The molecule has 6 aromatic carbocycles. The number of carboxylic acids is 2. The molecule has 2 saturated heterocycles. The quantitative estimate of drug-likeness (QED) is 0.0611. The van der Waals surface area contributed by atoms with Crippen LogP contribution in [0.15, 0.2) is 168 Å². The molecular formula is C60H62N2O12S2. The fourth-order valence-electron chi connectivity index (χ4n) is 9.05. The van der Waals surface area contributed by atoms with Gasteiger partial charge >= 0.3 is 24.1 Å². The third kappa shape index (κ3) is 14.8. The molecule has 8 rings (SSSR count). The van der Waals surface area contributed by atoms with E-state index in [1.54, 1.807) is 118 Å². The molecule has 16 heteroatoms. The highest BCUT2D eigenvalue weighted by Crippen LogP contribution is 2.35. The van der Waals surface area contributed by atoms with Gasteiger partial charge in [-0.05, 0) is 149 Å². The number of hydrogen-bond acceptors (Lipinski definition) is 12. The molecule has 0 bridgehead atoms. The predicted octanol–water partition coefficient (Wildman–Crippen LogP) is 11.6. The highest BCUT2D eigenvalue weighted by atomic mass is 32.2. The van der Waals surface area contributed by atoms with Crippen LogP contribution in [0.25, 0.3) is 0 Å². The zero-order valence-electron chi connectivity index (χ0n) is 43.3. The summed E-state index contributed by atoms with van der Waals surface area (Å²) < 4.78 is 22.5. The molecule has 0 aromatic heterocycles. The minimum Gasteiger partial charge on any atom is -0.478 e. The maximum atomic E-state index is 13.6. The lowest BCUT2D eigenvalue weighted by Crippen LogP contribution is -2.37. The Bertz CT molecular complexity index is 2790. The molecule has 0 aliphatic carbocycles. The number of hydrogen-bond donors (Lipinski definition) is 2. The second-order valence-corrected chi connectivity index (χ2v) is 21.4. The first-order valence-electron chi connectivity index (χ1n) is 24.7. The monoisotopic (exact) mass is 1070 g/mol. The zero-order chi connectivity index (χ0) is 54.6. The number of carbonyl (C=O) groups is 6. The van der Waals surface area contributed by atoms with Crippen molar-refractivity contribution in [3.63, 3.8) is 0 Å². The summed E-state index contributed by atoms with van der Waals surface area (Å²) in [7, 11) is 0. The molecule has 6 aromatic rings. The smallest absolute Gasteiger partial charge is 0.415 e. The van der Waals surface area contributed by atoms with Crippen molar-refractivity contribution in [3.05, 3.63) is 180 Å². The topological polar surface area (TPSA) is 186 Å². The predicted molar refractivity (Wildman–Crippen MR) is 292 cm³/mol. The van der Waals surface area contributed by atoms with Crippen molar-refractivity contribution < 1.29 is 57.9 Å². The van der Waals surface area contributed by atoms with Gasteiger partial charge in [-0.3, -0.25) is 9.59 Å². The number of thioether (sulfide) groups is 2. The second-order valence-electron chi connectivity index (χ2n) is 19.6. The Labute approximate surface area is 451 Å². The number of amides is 2. The zero-order valence-corrected chi connectivity index (χ0v) is 44.9. The van der Waals surface area contributed by atoms with Crippen molar-refractivity contribution in [3.8, 4) is 23.0 Å². The van der Waals surface area contributed by atoms with Gasteiger partial charge in [-0.25, -0.2) is 19.2 Å². The molecule has 2 amide bonds. The van der Waals surface area contributed by atoms with Crippen molar-refractivity contribution in [1.82, 2.24) is 9.80 Å². The van der Waals surface area contributed by atoms with Crippen LogP contribution in [-0.4, -0.2) is 106 Å². The minimum atomic E-state index is -1.38. The molecule has 0 radical (unpaired) electrons. The molecule has 0 spiro atoms. The summed E-state index contributed by atoms with van der Waals surface area (Å²) in [6.45, 7) is 7.19. The average Bonchev–Trinajstić information content (AvgIpc) is 4.04. The number of carbonyl (C=O) groups excluding carboxylic acids is 4. The maximum Gasteiger partial charge on any atom is 0.415 e. The summed E-state index contributed by atoms with van der Waals surface area (Å²) in [5.74, 6) is -1.56. The van der Waals surface area contributed by atoms with Gasteiger partial charge in [-0.2, -0.15) is 0 Å². The molecule has 2 fully saturated rings. The molecule has 0 saturated carbocycles. The third-order valence-corrected chi connectivity index (χ3v) is 14.8. The maximum absolute atomic E-state index is 13.6. The van der Waals surface area contributed by atoms with Gasteiger partial charge in [0.15, 0.2) is 22.8 Å². The summed E-state index contributed by atoms with van der Waals surface area (Å²) >= 11 is 3.21. The van der Waals surface area contributed by atoms with E-state index < -0.39 is 47.2 Å². The minimum absolute atomic E-state index is 0.0166. The Kier molecular flexibility index (Phi) is 18.7. The number of carboxylic acid groups (broad SMARTS) is 2. The van der Waals surface area contributed by atoms with Gasteiger partial charge in [-0.1, -0.05) is 84.9 Å². The molecule has 0 unspecified atom stereocenters. The van der Waals surface area contributed by atoms with Crippen molar-refractivity contribution in [2.24, 2.45) is 23.7 Å². The number of nitrogens with zero attached hydrogens (tertiary/aromatic N) is 2. The summed E-state index contributed by atoms with van der Waals surface area (Å²) in [5, 5.41) is 18.8. The van der Waals surface area contributed by atoms with Crippen LogP contribution in [-0.2, 0) is 22.4 Å². The van der Waals surface area contributed by atoms with E-state index in [0.717, 1.165) is 20.9 Å². The normalized spacial score (nSPS) is 17.2. The molecule has 2 aliphatic rings. The van der Waals surface area contributed by atoms with E-state index in [4.69, 9.17) is 18.9 Å². The largest absolute Gasteiger partial charge is 0.478 e.